The molecule has 0 aliphatic rings. The van der Waals surface area contributed by atoms with Crippen LogP contribution in [-0.2, 0) is 18.9 Å². The summed E-state index contributed by atoms with van der Waals surface area (Å²) in [5, 5.41) is 16.6. The van der Waals surface area contributed by atoms with Gasteiger partial charge in [0.2, 0.25) is 0 Å². The summed E-state index contributed by atoms with van der Waals surface area (Å²) in [7, 11) is 0. The van der Waals surface area contributed by atoms with E-state index in [0.717, 1.165) is 28.8 Å². The Morgan fingerprint density at radius 2 is 1.68 bits per heavy atom. The maximum atomic E-state index is 12.4. The van der Waals surface area contributed by atoms with E-state index < -0.39 is 4.92 Å². The van der Waals surface area contributed by atoms with Gasteiger partial charge in [0, 0.05) is 24.3 Å². The molecule has 1 amide bonds. The number of benzene rings is 1. The number of ether oxygens (including phenoxy) is 4. The van der Waals surface area contributed by atoms with E-state index in [-0.39, 0.29) is 16.0 Å². The zero-order chi connectivity index (χ0) is 24.6. The molecule has 1 aromatic heterocycles. The maximum absolute atomic E-state index is 12.4. The van der Waals surface area contributed by atoms with Crippen molar-refractivity contribution < 1.29 is 28.7 Å². The van der Waals surface area contributed by atoms with Crippen LogP contribution in [0, 0.1) is 17.0 Å². The van der Waals surface area contributed by atoms with Gasteiger partial charge in [-0.25, -0.2) is 4.98 Å². The fourth-order valence-electron chi connectivity index (χ4n) is 2.71. The van der Waals surface area contributed by atoms with Gasteiger partial charge in [0.1, 0.15) is 6.20 Å². The molecule has 2 rings (SSSR count). The van der Waals surface area contributed by atoms with Crippen LogP contribution in [0.15, 0.2) is 24.4 Å². The molecule has 0 saturated heterocycles. The van der Waals surface area contributed by atoms with Gasteiger partial charge >= 0.3 is 5.00 Å². The summed E-state index contributed by atoms with van der Waals surface area (Å²) in [5.74, 6) is -0.373. The molecule has 0 spiro atoms. The van der Waals surface area contributed by atoms with Crippen molar-refractivity contribution in [3.05, 3.63) is 45.6 Å². The number of nitrogens with one attached hydrogen (secondary N) is 2. The van der Waals surface area contributed by atoms with Crippen LogP contribution in [0.1, 0.15) is 15.9 Å². The largest absolute Gasteiger partial charge is 0.383 e. The third kappa shape index (κ3) is 10.5. The highest BCUT2D eigenvalue weighted by Gasteiger charge is 2.15. The van der Waals surface area contributed by atoms with Gasteiger partial charge in [0.15, 0.2) is 5.13 Å². The zero-order valence-corrected chi connectivity index (χ0v) is 19.9. The van der Waals surface area contributed by atoms with Crippen LogP contribution in [-0.4, -0.2) is 81.8 Å². The van der Waals surface area contributed by atoms with Crippen molar-refractivity contribution in [2.45, 2.75) is 6.92 Å². The number of nitro groups is 1. The number of carbonyl (C=O) groups is 1. The number of thiazole rings is 1. The summed E-state index contributed by atoms with van der Waals surface area (Å²) in [6, 6.07) is 5.33. The number of amides is 1. The van der Waals surface area contributed by atoms with E-state index in [2.05, 4.69) is 15.6 Å². The van der Waals surface area contributed by atoms with Crippen LogP contribution < -0.4 is 16.4 Å². The number of nitrogens with zero attached hydrogens (tertiary/aromatic N) is 2. The first-order valence-electron chi connectivity index (χ1n) is 10.8. The van der Waals surface area contributed by atoms with Gasteiger partial charge in [-0.15, -0.1) is 0 Å². The Bertz CT molecular complexity index is 896. The SMILES string of the molecule is Cc1cc(NCCOCCOCCOCCOCCN)ccc1C(=O)Nc1ncc([N+](=O)[O-])s1. The second-order valence-electron chi connectivity index (χ2n) is 6.91. The number of rotatable bonds is 18. The Morgan fingerprint density at radius 3 is 2.24 bits per heavy atom. The number of aromatic nitrogens is 1. The fourth-order valence-corrected chi connectivity index (χ4v) is 3.34. The standard InChI is InChI=1S/C21H31N5O7S/c1-16-14-17(2-3-18(16)20(27)25-21-24-15-19(34-21)26(28)29)23-5-7-31-9-11-33-13-12-32-10-8-30-6-4-22/h2-3,14-15,23H,4-13,22H2,1H3,(H,24,25,27). The van der Waals surface area contributed by atoms with Gasteiger partial charge in [-0.2, -0.15) is 0 Å². The Hall–Kier alpha value is -2.68. The van der Waals surface area contributed by atoms with Gasteiger partial charge in [-0.05, 0) is 42.0 Å². The van der Waals surface area contributed by atoms with Crippen LogP contribution in [0.5, 0.6) is 0 Å². The molecule has 0 aliphatic heterocycles. The van der Waals surface area contributed by atoms with Crippen molar-refractivity contribution in [1.29, 1.82) is 0 Å². The maximum Gasteiger partial charge on any atom is 0.345 e. The number of hydrogen-bond acceptors (Lipinski definition) is 11. The van der Waals surface area contributed by atoms with Crippen molar-refractivity contribution >= 4 is 33.1 Å². The van der Waals surface area contributed by atoms with Crippen molar-refractivity contribution in [2.24, 2.45) is 5.73 Å². The van der Waals surface area contributed by atoms with Crippen molar-refractivity contribution in [3.8, 4) is 0 Å². The average molecular weight is 498 g/mol. The third-order valence-electron chi connectivity index (χ3n) is 4.32. The molecule has 0 bridgehead atoms. The second-order valence-corrected chi connectivity index (χ2v) is 7.92. The lowest BCUT2D eigenvalue weighted by Gasteiger charge is -2.11. The van der Waals surface area contributed by atoms with Crippen molar-refractivity contribution in [1.82, 2.24) is 4.98 Å². The highest BCUT2D eigenvalue weighted by molar-refractivity contribution is 7.18. The number of carbonyl (C=O) groups excluding carboxylic acids is 1. The average Bonchev–Trinajstić information content (AvgIpc) is 3.28. The van der Waals surface area contributed by atoms with Crippen LogP contribution in [0.2, 0.25) is 0 Å². The summed E-state index contributed by atoms with van der Waals surface area (Å²) in [5.41, 5.74) is 7.39. The lowest BCUT2D eigenvalue weighted by Crippen LogP contribution is -2.16. The quantitative estimate of drug-likeness (QED) is 0.158. The molecule has 13 heteroatoms. The Balaban J connectivity index is 1.56. The highest BCUT2D eigenvalue weighted by atomic mass is 32.1. The zero-order valence-electron chi connectivity index (χ0n) is 19.1. The Morgan fingerprint density at radius 1 is 1.06 bits per heavy atom. The molecule has 2 aromatic rings. The monoisotopic (exact) mass is 497 g/mol. The smallest absolute Gasteiger partial charge is 0.345 e. The number of aryl methyl sites for hydroxylation is 1. The molecule has 188 valence electrons. The van der Waals surface area contributed by atoms with E-state index in [1.54, 1.807) is 12.1 Å². The second kappa shape index (κ2) is 16.0. The number of nitrogens with two attached hydrogens (primary N) is 1. The van der Waals surface area contributed by atoms with E-state index in [9.17, 15) is 14.9 Å². The molecule has 12 nitrogen and oxygen atoms in total. The van der Waals surface area contributed by atoms with E-state index in [0.29, 0.717) is 71.5 Å². The molecule has 0 aliphatic carbocycles. The summed E-state index contributed by atoms with van der Waals surface area (Å²) in [4.78, 5) is 26.5. The van der Waals surface area contributed by atoms with E-state index in [1.165, 1.54) is 0 Å². The minimum Gasteiger partial charge on any atom is -0.383 e. The minimum absolute atomic E-state index is 0.130. The summed E-state index contributed by atoms with van der Waals surface area (Å²) < 4.78 is 21.5. The first kappa shape index (κ1) is 27.6. The summed E-state index contributed by atoms with van der Waals surface area (Å²) in [6.45, 7) is 6.98. The number of anilines is 2. The molecule has 0 radical (unpaired) electrons. The first-order chi connectivity index (χ1) is 16.5. The van der Waals surface area contributed by atoms with Crippen LogP contribution in [0.4, 0.5) is 15.8 Å². The summed E-state index contributed by atoms with van der Waals surface area (Å²) in [6.07, 6.45) is 1.12. The topological polar surface area (TPSA) is 160 Å². The van der Waals surface area contributed by atoms with E-state index >= 15 is 0 Å². The molecule has 0 unspecified atom stereocenters. The van der Waals surface area contributed by atoms with E-state index in [1.807, 2.05) is 13.0 Å². The molecule has 0 fully saturated rings. The predicted molar refractivity (Wildman–Crippen MR) is 129 cm³/mol. The molecule has 4 N–H and O–H groups in total. The third-order valence-corrected chi connectivity index (χ3v) is 5.18. The normalized spacial score (nSPS) is 10.9. The van der Waals surface area contributed by atoms with Crippen LogP contribution in [0.3, 0.4) is 0 Å². The fraction of sp³-hybridized carbons (Fsp3) is 0.524. The first-order valence-corrected chi connectivity index (χ1v) is 11.6. The molecule has 0 atom stereocenters. The van der Waals surface area contributed by atoms with Gasteiger partial charge in [-0.3, -0.25) is 20.2 Å². The lowest BCUT2D eigenvalue weighted by molar-refractivity contribution is -0.380. The van der Waals surface area contributed by atoms with Crippen molar-refractivity contribution in [3.63, 3.8) is 0 Å². The van der Waals surface area contributed by atoms with Gasteiger partial charge in [0.25, 0.3) is 5.91 Å². The van der Waals surface area contributed by atoms with Gasteiger partial charge < -0.3 is 30.0 Å². The van der Waals surface area contributed by atoms with Gasteiger partial charge in [0.05, 0.1) is 57.8 Å². The molecule has 0 saturated carbocycles. The van der Waals surface area contributed by atoms with Gasteiger partial charge in [-0.1, -0.05) is 0 Å². The van der Waals surface area contributed by atoms with Crippen molar-refractivity contribution in [2.75, 3.05) is 76.6 Å². The molecular weight excluding hydrogens is 466 g/mol. The predicted octanol–water partition coefficient (Wildman–Crippen LogP) is 2.05. The summed E-state index contributed by atoms with van der Waals surface area (Å²) >= 11 is 0.808. The molecule has 34 heavy (non-hydrogen) atoms. The van der Waals surface area contributed by atoms with E-state index in [4.69, 9.17) is 24.7 Å². The molecule has 1 aromatic carbocycles. The number of hydrogen-bond donors (Lipinski definition) is 3. The molecule has 1 heterocycles. The minimum atomic E-state index is -0.546. The molecular formula is C21H31N5O7S. The lowest BCUT2D eigenvalue weighted by atomic mass is 10.1. The van der Waals surface area contributed by atoms with Crippen LogP contribution >= 0.6 is 11.3 Å². The Labute approximate surface area is 201 Å². The highest BCUT2D eigenvalue weighted by Crippen LogP contribution is 2.26. The van der Waals surface area contributed by atoms with Crippen LogP contribution in [0.25, 0.3) is 0 Å². The Kier molecular flexibility index (Phi) is 13.0.